The fourth-order valence-corrected chi connectivity index (χ4v) is 2.05. The maximum Gasteiger partial charge on any atom is 0.251 e. The summed E-state index contributed by atoms with van der Waals surface area (Å²) in [4.78, 5) is 11.8. The van der Waals surface area contributed by atoms with Crippen molar-refractivity contribution in [3.05, 3.63) is 35.1 Å². The Kier molecular flexibility index (Phi) is 3.38. The molecule has 17 heavy (non-hydrogen) atoms. The van der Waals surface area contributed by atoms with E-state index in [4.69, 9.17) is 11.6 Å². The van der Waals surface area contributed by atoms with Gasteiger partial charge in [0.05, 0.1) is 0 Å². The van der Waals surface area contributed by atoms with Crippen molar-refractivity contribution in [2.24, 2.45) is 5.41 Å². The van der Waals surface area contributed by atoms with Crippen molar-refractivity contribution in [3.8, 4) is 0 Å². The van der Waals surface area contributed by atoms with Crippen molar-refractivity contribution in [3.63, 3.8) is 0 Å². The quantitative estimate of drug-likeness (QED) is 0.824. The number of hydrogen-bond donors (Lipinski definition) is 1. The van der Waals surface area contributed by atoms with Crippen LogP contribution in [0.25, 0.3) is 0 Å². The van der Waals surface area contributed by atoms with Gasteiger partial charge in [-0.25, -0.2) is 4.39 Å². The third-order valence-corrected chi connectivity index (χ3v) is 3.85. The number of benzene rings is 1. The molecule has 1 N–H and O–H groups in total. The largest absolute Gasteiger partial charge is 0.351 e. The second-order valence-electron chi connectivity index (χ2n) is 4.78. The van der Waals surface area contributed by atoms with Crippen LogP contribution in [-0.2, 0) is 0 Å². The molecule has 0 saturated heterocycles. The zero-order valence-electron chi connectivity index (χ0n) is 9.72. The molecule has 0 heterocycles. The summed E-state index contributed by atoms with van der Waals surface area (Å²) in [7, 11) is 0. The number of rotatable bonds is 4. The van der Waals surface area contributed by atoms with E-state index >= 15 is 0 Å². The number of carbonyl (C=O) groups is 1. The number of alkyl halides is 1. The number of hydrogen-bond acceptors (Lipinski definition) is 1. The number of halogens is 2. The average molecular weight is 256 g/mol. The van der Waals surface area contributed by atoms with E-state index in [1.165, 1.54) is 12.1 Å². The molecule has 2 nitrogen and oxygen atoms in total. The van der Waals surface area contributed by atoms with Crippen LogP contribution in [0.1, 0.15) is 28.8 Å². The van der Waals surface area contributed by atoms with E-state index in [9.17, 15) is 9.18 Å². The van der Waals surface area contributed by atoms with Gasteiger partial charge in [-0.15, -0.1) is 11.6 Å². The van der Waals surface area contributed by atoms with Gasteiger partial charge in [-0.05, 0) is 43.5 Å². The van der Waals surface area contributed by atoms with Gasteiger partial charge in [-0.1, -0.05) is 0 Å². The van der Waals surface area contributed by atoms with Gasteiger partial charge < -0.3 is 5.32 Å². The summed E-state index contributed by atoms with van der Waals surface area (Å²) in [5.41, 5.74) is 1.08. The predicted octanol–water partition coefficient (Wildman–Crippen LogP) is 2.88. The molecular formula is C13H15ClFNO. The van der Waals surface area contributed by atoms with Gasteiger partial charge in [-0.2, -0.15) is 0 Å². The summed E-state index contributed by atoms with van der Waals surface area (Å²) >= 11 is 5.83. The molecule has 1 aliphatic carbocycles. The maximum absolute atomic E-state index is 13.1. The van der Waals surface area contributed by atoms with Crippen molar-refractivity contribution >= 4 is 17.5 Å². The summed E-state index contributed by atoms with van der Waals surface area (Å²) < 4.78 is 13.1. The van der Waals surface area contributed by atoms with Gasteiger partial charge >= 0.3 is 0 Å². The van der Waals surface area contributed by atoms with E-state index in [2.05, 4.69) is 5.32 Å². The van der Waals surface area contributed by atoms with Crippen LogP contribution in [0.5, 0.6) is 0 Å². The standard InChI is InChI=1S/C13H15ClFNO/c1-9-6-10(2-3-11(9)15)12(17)16-8-13(7-14)4-5-13/h2-3,6H,4-5,7-8H2,1H3,(H,16,17). The first kappa shape index (κ1) is 12.4. The second kappa shape index (κ2) is 4.65. The molecule has 0 unspecified atom stereocenters. The van der Waals surface area contributed by atoms with Crippen molar-refractivity contribution in [1.82, 2.24) is 5.32 Å². The van der Waals surface area contributed by atoms with Crippen LogP contribution in [-0.4, -0.2) is 18.3 Å². The van der Waals surface area contributed by atoms with Crippen LogP contribution in [0.15, 0.2) is 18.2 Å². The maximum atomic E-state index is 13.1. The highest BCUT2D eigenvalue weighted by Gasteiger charge is 2.41. The molecule has 0 atom stereocenters. The second-order valence-corrected chi connectivity index (χ2v) is 5.05. The smallest absolute Gasteiger partial charge is 0.251 e. The van der Waals surface area contributed by atoms with Gasteiger partial charge in [0, 0.05) is 23.4 Å². The lowest BCUT2D eigenvalue weighted by Crippen LogP contribution is -2.31. The fraction of sp³-hybridized carbons (Fsp3) is 0.462. The van der Waals surface area contributed by atoms with Gasteiger partial charge in [0.2, 0.25) is 0 Å². The highest BCUT2D eigenvalue weighted by Crippen LogP contribution is 2.45. The molecule has 0 spiro atoms. The van der Waals surface area contributed by atoms with Crippen LogP contribution in [0.3, 0.4) is 0 Å². The summed E-state index contributed by atoms with van der Waals surface area (Å²) in [6.45, 7) is 2.25. The highest BCUT2D eigenvalue weighted by atomic mass is 35.5. The lowest BCUT2D eigenvalue weighted by atomic mass is 10.1. The first-order valence-corrected chi connectivity index (χ1v) is 6.20. The molecule has 1 aromatic carbocycles. The van der Waals surface area contributed by atoms with Gasteiger partial charge in [0.25, 0.3) is 5.91 Å². The molecule has 1 aromatic rings. The van der Waals surface area contributed by atoms with Crippen molar-refractivity contribution in [2.45, 2.75) is 19.8 Å². The zero-order valence-corrected chi connectivity index (χ0v) is 10.5. The summed E-state index contributed by atoms with van der Waals surface area (Å²) in [5, 5.41) is 2.85. The molecule has 1 amide bonds. The average Bonchev–Trinajstić information content (AvgIpc) is 3.10. The van der Waals surface area contributed by atoms with Gasteiger partial charge in [-0.3, -0.25) is 4.79 Å². The fourth-order valence-electron chi connectivity index (χ4n) is 1.69. The molecule has 0 radical (unpaired) electrons. The third-order valence-electron chi connectivity index (χ3n) is 3.28. The third kappa shape index (κ3) is 2.78. The Labute approximate surface area is 105 Å². The van der Waals surface area contributed by atoms with Crippen LogP contribution in [0.4, 0.5) is 4.39 Å². The summed E-state index contributed by atoms with van der Waals surface area (Å²) in [6.07, 6.45) is 2.14. The highest BCUT2D eigenvalue weighted by molar-refractivity contribution is 6.18. The summed E-state index contributed by atoms with van der Waals surface area (Å²) in [6, 6.07) is 4.38. The molecule has 92 valence electrons. The first-order chi connectivity index (χ1) is 8.06. The van der Waals surface area contributed by atoms with Gasteiger partial charge in [0.15, 0.2) is 0 Å². The van der Waals surface area contributed by atoms with E-state index in [1.54, 1.807) is 13.0 Å². The van der Waals surface area contributed by atoms with E-state index in [0.29, 0.717) is 23.6 Å². The minimum absolute atomic E-state index is 0.103. The Morgan fingerprint density at radius 2 is 2.24 bits per heavy atom. The molecule has 1 saturated carbocycles. The minimum Gasteiger partial charge on any atom is -0.351 e. The molecule has 1 fully saturated rings. The SMILES string of the molecule is Cc1cc(C(=O)NCC2(CCl)CC2)ccc1F. The molecular weight excluding hydrogens is 241 g/mol. The first-order valence-electron chi connectivity index (χ1n) is 5.67. The Morgan fingerprint density at radius 3 is 2.76 bits per heavy atom. The Hall–Kier alpha value is -1.09. The molecule has 1 aliphatic rings. The van der Waals surface area contributed by atoms with Crippen molar-refractivity contribution in [2.75, 3.05) is 12.4 Å². The monoisotopic (exact) mass is 255 g/mol. The Morgan fingerprint density at radius 1 is 1.53 bits per heavy atom. The normalized spacial score (nSPS) is 16.6. The number of carbonyl (C=O) groups excluding carboxylic acids is 1. The molecule has 4 heteroatoms. The van der Waals surface area contributed by atoms with E-state index < -0.39 is 0 Å². The number of nitrogens with one attached hydrogen (secondary N) is 1. The van der Waals surface area contributed by atoms with E-state index in [0.717, 1.165) is 12.8 Å². The van der Waals surface area contributed by atoms with Crippen LogP contribution < -0.4 is 5.32 Å². The molecule has 0 aromatic heterocycles. The Balaban J connectivity index is 1.97. The van der Waals surface area contributed by atoms with Gasteiger partial charge in [0.1, 0.15) is 5.82 Å². The molecule has 0 aliphatic heterocycles. The van der Waals surface area contributed by atoms with Crippen molar-refractivity contribution < 1.29 is 9.18 Å². The minimum atomic E-state index is -0.291. The summed E-state index contributed by atoms with van der Waals surface area (Å²) in [5.74, 6) is 0.126. The molecule has 2 rings (SSSR count). The molecule has 0 bridgehead atoms. The van der Waals surface area contributed by atoms with E-state index in [1.807, 2.05) is 0 Å². The van der Waals surface area contributed by atoms with Crippen LogP contribution in [0, 0.1) is 18.2 Å². The lowest BCUT2D eigenvalue weighted by Gasteiger charge is -2.12. The predicted molar refractivity (Wildman–Crippen MR) is 65.9 cm³/mol. The van der Waals surface area contributed by atoms with Crippen molar-refractivity contribution in [1.29, 1.82) is 0 Å². The number of aryl methyl sites for hydroxylation is 1. The number of amides is 1. The Bertz CT molecular complexity index is 443. The topological polar surface area (TPSA) is 29.1 Å². The zero-order chi connectivity index (χ0) is 12.5. The van der Waals surface area contributed by atoms with E-state index in [-0.39, 0.29) is 17.1 Å². The lowest BCUT2D eigenvalue weighted by molar-refractivity contribution is 0.0946. The van der Waals surface area contributed by atoms with Crippen LogP contribution in [0.2, 0.25) is 0 Å². The van der Waals surface area contributed by atoms with Crippen LogP contribution >= 0.6 is 11.6 Å².